The van der Waals surface area contributed by atoms with E-state index in [0.717, 1.165) is 13.0 Å². The molecule has 1 aliphatic heterocycles. The van der Waals surface area contributed by atoms with Crippen molar-refractivity contribution in [2.75, 3.05) is 26.4 Å². The van der Waals surface area contributed by atoms with Crippen LogP contribution in [0.3, 0.4) is 0 Å². The summed E-state index contributed by atoms with van der Waals surface area (Å²) in [6.45, 7) is 7.36. The van der Waals surface area contributed by atoms with Crippen LogP contribution in [0.15, 0.2) is 0 Å². The summed E-state index contributed by atoms with van der Waals surface area (Å²) >= 11 is 0. The molecule has 0 aromatic carbocycles. The second kappa shape index (κ2) is 8.94. The van der Waals surface area contributed by atoms with Crippen LogP contribution >= 0.6 is 0 Å². The van der Waals surface area contributed by atoms with Gasteiger partial charge in [0.15, 0.2) is 0 Å². The Kier molecular flexibility index (Phi) is 7.94. The lowest BCUT2D eigenvalue weighted by Gasteiger charge is -2.24. The van der Waals surface area contributed by atoms with Gasteiger partial charge in [0.25, 0.3) is 0 Å². The fourth-order valence-electron chi connectivity index (χ4n) is 1.19. The number of ether oxygens (including phenoxy) is 1. The van der Waals surface area contributed by atoms with Crippen molar-refractivity contribution >= 4 is 8.80 Å². The van der Waals surface area contributed by atoms with Crippen LogP contribution in [0.1, 0.15) is 27.2 Å². The van der Waals surface area contributed by atoms with Crippen molar-refractivity contribution in [3.05, 3.63) is 0 Å². The Morgan fingerprint density at radius 2 is 1.39 bits per heavy atom. The minimum absolute atomic E-state index is 0.248. The van der Waals surface area contributed by atoms with E-state index < -0.39 is 8.80 Å². The molecule has 1 atom stereocenters. The van der Waals surface area contributed by atoms with Crippen molar-refractivity contribution < 1.29 is 33.1 Å². The summed E-state index contributed by atoms with van der Waals surface area (Å²) in [5.74, 6) is 0. The average Bonchev–Trinajstić information content (AvgIpc) is 3.21. The van der Waals surface area contributed by atoms with Crippen LogP contribution in [0, 0.1) is 0 Å². The maximum Gasteiger partial charge on any atom is 0.584 e. The molecule has 1 rings (SSSR count). The maximum atomic E-state index is 5.25. The van der Waals surface area contributed by atoms with E-state index >= 15 is 0 Å². The van der Waals surface area contributed by atoms with Crippen LogP contribution in [0.2, 0.25) is 6.04 Å². The summed E-state index contributed by atoms with van der Waals surface area (Å²) in [5, 5.41) is 0. The van der Waals surface area contributed by atoms with E-state index in [-0.39, 0.29) is 6.10 Å². The van der Waals surface area contributed by atoms with Gasteiger partial charge in [-0.1, -0.05) is 0 Å². The third-order valence-corrected chi connectivity index (χ3v) is 4.10. The van der Waals surface area contributed by atoms with Gasteiger partial charge in [-0.15, -0.1) is 0 Å². The second-order valence-corrected chi connectivity index (χ2v) is 6.01. The molecule has 1 unspecified atom stereocenters. The topological polar surface area (TPSA) is 67.9 Å². The van der Waals surface area contributed by atoms with Gasteiger partial charge < -0.3 is 4.74 Å². The lowest BCUT2D eigenvalue weighted by Crippen LogP contribution is -2.46. The normalized spacial score (nSPS) is 19.2. The quantitative estimate of drug-likeness (QED) is 0.233. The van der Waals surface area contributed by atoms with E-state index in [9.17, 15) is 0 Å². The highest BCUT2D eigenvalue weighted by Crippen LogP contribution is 2.25. The molecule has 0 aromatic rings. The standard InChI is InChI=1S/C10H22O7Si/c1-4-12-15-18(16-13-5-2,17-14-6-3)8-7-10-9-11-10/h10H,4-9H2,1-3H3. The second-order valence-electron chi connectivity index (χ2n) is 3.65. The molecule has 18 heavy (non-hydrogen) atoms. The molecule has 0 amide bonds. The number of rotatable bonds is 12. The fourth-order valence-corrected chi connectivity index (χ4v) is 3.09. The van der Waals surface area contributed by atoms with E-state index in [1.807, 2.05) is 20.8 Å². The molecule has 1 fully saturated rings. The fraction of sp³-hybridized carbons (Fsp3) is 1.00. The summed E-state index contributed by atoms with van der Waals surface area (Å²) < 4.78 is 20.9. The summed E-state index contributed by atoms with van der Waals surface area (Å²) in [6.07, 6.45) is 1.01. The maximum absolute atomic E-state index is 5.25. The van der Waals surface area contributed by atoms with Crippen molar-refractivity contribution in [1.29, 1.82) is 0 Å². The van der Waals surface area contributed by atoms with E-state index in [1.165, 1.54) is 0 Å². The molecule has 0 radical (unpaired) electrons. The molecule has 7 nitrogen and oxygen atoms in total. The van der Waals surface area contributed by atoms with Gasteiger partial charge in [-0.2, -0.15) is 0 Å². The lowest BCUT2D eigenvalue weighted by molar-refractivity contribution is -0.360. The van der Waals surface area contributed by atoms with E-state index in [4.69, 9.17) is 33.1 Å². The Morgan fingerprint density at radius 1 is 0.944 bits per heavy atom. The van der Waals surface area contributed by atoms with E-state index in [0.29, 0.717) is 25.9 Å². The van der Waals surface area contributed by atoms with Gasteiger partial charge in [-0.3, -0.25) is 0 Å². The molecule has 0 aliphatic carbocycles. The lowest BCUT2D eigenvalue weighted by atomic mass is 10.4. The van der Waals surface area contributed by atoms with Gasteiger partial charge in [0.05, 0.1) is 32.5 Å². The van der Waals surface area contributed by atoms with Gasteiger partial charge in [0.2, 0.25) is 0 Å². The Labute approximate surface area is 108 Å². The van der Waals surface area contributed by atoms with Crippen molar-refractivity contribution in [3.8, 4) is 0 Å². The van der Waals surface area contributed by atoms with Gasteiger partial charge in [0.1, 0.15) is 0 Å². The zero-order valence-electron chi connectivity index (χ0n) is 11.2. The highest BCUT2D eigenvalue weighted by atomic mass is 28.4. The predicted molar refractivity (Wildman–Crippen MR) is 63.1 cm³/mol. The Balaban J connectivity index is 2.49. The first-order valence-electron chi connectivity index (χ1n) is 6.29. The van der Waals surface area contributed by atoms with Crippen LogP contribution < -0.4 is 0 Å². The smallest absolute Gasteiger partial charge is 0.373 e. The zero-order chi connectivity index (χ0) is 13.3. The monoisotopic (exact) mass is 282 g/mol. The van der Waals surface area contributed by atoms with Gasteiger partial charge in [0, 0.05) is 6.04 Å². The molecule has 108 valence electrons. The molecule has 0 saturated carbocycles. The highest BCUT2D eigenvalue weighted by molar-refractivity contribution is 6.59. The molecule has 0 spiro atoms. The number of hydrogen-bond donors (Lipinski definition) is 0. The van der Waals surface area contributed by atoms with Gasteiger partial charge in [-0.25, -0.2) is 28.4 Å². The predicted octanol–water partition coefficient (Wildman–Crippen LogP) is 1.62. The van der Waals surface area contributed by atoms with Gasteiger partial charge >= 0.3 is 8.80 Å². The van der Waals surface area contributed by atoms with Crippen molar-refractivity contribution in [1.82, 2.24) is 0 Å². The highest BCUT2D eigenvalue weighted by Gasteiger charge is 2.48. The molecule has 8 heteroatoms. The first-order chi connectivity index (χ1) is 8.76. The molecule has 1 saturated heterocycles. The van der Waals surface area contributed by atoms with E-state index in [2.05, 4.69) is 0 Å². The van der Waals surface area contributed by atoms with Crippen LogP contribution in [-0.4, -0.2) is 41.3 Å². The number of hydrogen-bond acceptors (Lipinski definition) is 7. The largest absolute Gasteiger partial charge is 0.584 e. The molecule has 0 N–H and O–H groups in total. The molecular weight excluding hydrogens is 260 g/mol. The molecule has 1 heterocycles. The SMILES string of the molecule is CCOO[Si](CCC1CO1)(OOCC)OOCC. The van der Waals surface area contributed by atoms with Crippen LogP contribution in [0.25, 0.3) is 0 Å². The van der Waals surface area contributed by atoms with Gasteiger partial charge in [-0.05, 0) is 27.2 Å². The van der Waals surface area contributed by atoms with E-state index in [1.54, 1.807) is 0 Å². The van der Waals surface area contributed by atoms with Crippen LogP contribution in [0.5, 0.6) is 0 Å². The molecule has 0 bridgehead atoms. The van der Waals surface area contributed by atoms with Crippen LogP contribution in [-0.2, 0) is 33.1 Å². The Hall–Kier alpha value is -0.0631. The Bertz CT molecular complexity index is 191. The Morgan fingerprint density at radius 3 is 1.72 bits per heavy atom. The molecule has 1 aliphatic rings. The average molecular weight is 282 g/mol. The third-order valence-electron chi connectivity index (χ3n) is 2.09. The molecular formula is C10H22O7Si. The van der Waals surface area contributed by atoms with Crippen molar-refractivity contribution in [2.24, 2.45) is 0 Å². The summed E-state index contributed by atoms with van der Waals surface area (Å²) in [7, 11) is -3.13. The third kappa shape index (κ3) is 6.21. The minimum atomic E-state index is -3.13. The van der Waals surface area contributed by atoms with Crippen LogP contribution in [0.4, 0.5) is 0 Å². The van der Waals surface area contributed by atoms with Crippen molar-refractivity contribution in [2.45, 2.75) is 39.3 Å². The first-order valence-corrected chi connectivity index (χ1v) is 8.23. The minimum Gasteiger partial charge on any atom is -0.373 e. The van der Waals surface area contributed by atoms with Crippen molar-refractivity contribution in [3.63, 3.8) is 0 Å². The summed E-state index contributed by atoms with van der Waals surface area (Å²) in [6, 6.07) is 0.512. The molecule has 0 aromatic heterocycles. The first kappa shape index (κ1) is 16.0. The number of epoxide rings is 1. The summed E-state index contributed by atoms with van der Waals surface area (Å²) in [5.41, 5.74) is 0. The summed E-state index contributed by atoms with van der Waals surface area (Å²) in [4.78, 5) is 14.9. The zero-order valence-corrected chi connectivity index (χ0v) is 12.2.